The summed E-state index contributed by atoms with van der Waals surface area (Å²) in [7, 11) is 1.01. The molecule has 0 radical (unpaired) electrons. The SMILES string of the molecule is COC(=O)c1c(F)ccc(NC=C(C#N)c2nn[nH]n2)c1F. The first-order valence-electron chi connectivity index (χ1n) is 5.75. The monoisotopic (exact) mass is 306 g/mol. The Labute approximate surface area is 122 Å². The highest BCUT2D eigenvalue weighted by Crippen LogP contribution is 2.22. The van der Waals surface area contributed by atoms with Crippen molar-refractivity contribution in [2.75, 3.05) is 12.4 Å². The van der Waals surface area contributed by atoms with E-state index in [2.05, 4.69) is 30.7 Å². The fraction of sp³-hybridized carbons (Fsp3) is 0.0833. The number of tetrazole rings is 1. The minimum Gasteiger partial charge on any atom is -0.465 e. The lowest BCUT2D eigenvalue weighted by molar-refractivity contribution is 0.0590. The maximum atomic E-state index is 14.1. The maximum absolute atomic E-state index is 14.1. The third-order valence-electron chi connectivity index (χ3n) is 2.56. The lowest BCUT2D eigenvalue weighted by atomic mass is 10.1. The van der Waals surface area contributed by atoms with Gasteiger partial charge < -0.3 is 10.1 Å². The number of carbonyl (C=O) groups is 1. The minimum absolute atomic E-state index is 0.00860. The van der Waals surface area contributed by atoms with E-state index >= 15 is 0 Å². The molecule has 1 aromatic carbocycles. The molecule has 0 aliphatic rings. The van der Waals surface area contributed by atoms with E-state index in [9.17, 15) is 13.6 Å². The summed E-state index contributed by atoms with van der Waals surface area (Å²) in [6.45, 7) is 0. The Morgan fingerprint density at radius 1 is 1.50 bits per heavy atom. The van der Waals surface area contributed by atoms with Gasteiger partial charge in [0.05, 0.1) is 12.8 Å². The molecule has 1 heterocycles. The van der Waals surface area contributed by atoms with Gasteiger partial charge in [-0.1, -0.05) is 0 Å². The highest BCUT2D eigenvalue weighted by molar-refractivity contribution is 5.91. The summed E-state index contributed by atoms with van der Waals surface area (Å²) in [5.74, 6) is -3.36. The molecule has 112 valence electrons. The van der Waals surface area contributed by atoms with Crippen molar-refractivity contribution in [3.63, 3.8) is 0 Å². The third-order valence-corrected chi connectivity index (χ3v) is 2.56. The maximum Gasteiger partial charge on any atom is 0.343 e. The number of aromatic nitrogens is 4. The van der Waals surface area contributed by atoms with Crippen LogP contribution in [0.1, 0.15) is 16.2 Å². The van der Waals surface area contributed by atoms with Crippen LogP contribution in [0.4, 0.5) is 14.5 Å². The molecule has 10 heteroatoms. The fourth-order valence-corrected chi connectivity index (χ4v) is 1.53. The van der Waals surface area contributed by atoms with Gasteiger partial charge in [-0.2, -0.15) is 10.5 Å². The number of hydrogen-bond acceptors (Lipinski definition) is 7. The summed E-state index contributed by atoms with van der Waals surface area (Å²) in [6.07, 6.45) is 1.10. The van der Waals surface area contributed by atoms with Gasteiger partial charge in [0.1, 0.15) is 23.0 Å². The molecule has 1 aromatic heterocycles. The van der Waals surface area contributed by atoms with Crippen LogP contribution < -0.4 is 5.32 Å². The Kier molecular flexibility index (Phi) is 4.38. The van der Waals surface area contributed by atoms with Crippen LogP contribution >= 0.6 is 0 Å². The van der Waals surface area contributed by atoms with E-state index in [1.165, 1.54) is 0 Å². The number of rotatable bonds is 4. The Morgan fingerprint density at radius 2 is 2.27 bits per heavy atom. The van der Waals surface area contributed by atoms with Gasteiger partial charge in [-0.3, -0.25) is 0 Å². The molecule has 8 nitrogen and oxygen atoms in total. The summed E-state index contributed by atoms with van der Waals surface area (Å²) in [5.41, 5.74) is -1.10. The minimum atomic E-state index is -1.15. The van der Waals surface area contributed by atoms with Crippen LogP contribution in [0.3, 0.4) is 0 Å². The van der Waals surface area contributed by atoms with Gasteiger partial charge in [0.2, 0.25) is 5.82 Å². The first-order valence-corrected chi connectivity index (χ1v) is 5.75. The summed E-state index contributed by atoms with van der Waals surface area (Å²) in [4.78, 5) is 11.4. The summed E-state index contributed by atoms with van der Waals surface area (Å²) in [5, 5.41) is 24.0. The van der Waals surface area contributed by atoms with Crippen molar-refractivity contribution < 1.29 is 18.3 Å². The van der Waals surface area contributed by atoms with E-state index in [0.29, 0.717) is 0 Å². The van der Waals surface area contributed by atoms with E-state index in [1.54, 1.807) is 6.07 Å². The fourth-order valence-electron chi connectivity index (χ4n) is 1.53. The first-order chi connectivity index (χ1) is 10.6. The number of methoxy groups -OCH3 is 1. The number of anilines is 1. The average molecular weight is 306 g/mol. The van der Waals surface area contributed by atoms with Crippen molar-refractivity contribution in [2.45, 2.75) is 0 Å². The largest absolute Gasteiger partial charge is 0.465 e. The smallest absolute Gasteiger partial charge is 0.343 e. The lowest BCUT2D eigenvalue weighted by Crippen LogP contribution is -2.09. The van der Waals surface area contributed by atoms with Crippen LogP contribution in [0.25, 0.3) is 5.57 Å². The number of halogens is 2. The number of allylic oxidation sites excluding steroid dienone is 1. The van der Waals surface area contributed by atoms with Crippen molar-refractivity contribution in [1.82, 2.24) is 20.6 Å². The molecular weight excluding hydrogens is 298 g/mol. The second kappa shape index (κ2) is 6.40. The summed E-state index contributed by atoms with van der Waals surface area (Å²) >= 11 is 0. The zero-order valence-corrected chi connectivity index (χ0v) is 11.1. The molecule has 22 heavy (non-hydrogen) atoms. The number of hydrogen-bond donors (Lipinski definition) is 2. The van der Waals surface area contributed by atoms with Gasteiger partial charge in [-0.25, -0.2) is 13.6 Å². The molecule has 0 saturated carbocycles. The predicted molar refractivity (Wildman–Crippen MR) is 69.1 cm³/mol. The van der Waals surface area contributed by atoms with Crippen molar-refractivity contribution in [2.24, 2.45) is 0 Å². The highest BCUT2D eigenvalue weighted by atomic mass is 19.1. The van der Waals surface area contributed by atoms with E-state index in [0.717, 1.165) is 25.4 Å². The molecule has 2 N–H and O–H groups in total. The second-order valence-electron chi connectivity index (χ2n) is 3.83. The lowest BCUT2D eigenvalue weighted by Gasteiger charge is -2.08. The molecule has 0 bridgehead atoms. The van der Waals surface area contributed by atoms with Crippen LogP contribution in [0.5, 0.6) is 0 Å². The number of aromatic amines is 1. The number of nitrogens with zero attached hydrogens (tertiary/aromatic N) is 4. The van der Waals surface area contributed by atoms with Crippen LogP contribution in [0.2, 0.25) is 0 Å². The van der Waals surface area contributed by atoms with Crippen LogP contribution in [-0.4, -0.2) is 33.7 Å². The molecule has 2 aromatic rings. The number of nitriles is 1. The van der Waals surface area contributed by atoms with E-state index < -0.39 is 23.2 Å². The third kappa shape index (κ3) is 2.88. The number of nitrogens with one attached hydrogen (secondary N) is 2. The van der Waals surface area contributed by atoms with E-state index in [1.807, 2.05) is 0 Å². The molecule has 0 amide bonds. The molecular formula is C12H8F2N6O2. The average Bonchev–Trinajstić information content (AvgIpc) is 3.04. The Balaban J connectivity index is 2.35. The standard InChI is InChI=1S/C12H8F2N6O2/c1-22-12(21)9-7(13)2-3-8(10(9)14)16-5-6(4-15)11-17-19-20-18-11/h2-3,5,16H,1H3,(H,17,18,19,20). The molecule has 0 saturated heterocycles. The van der Waals surface area contributed by atoms with Gasteiger partial charge in [-0.05, 0) is 17.3 Å². The van der Waals surface area contributed by atoms with Gasteiger partial charge in [-0.15, -0.1) is 10.2 Å². The molecule has 2 rings (SSSR count). The zero-order valence-electron chi connectivity index (χ0n) is 11.1. The highest BCUT2D eigenvalue weighted by Gasteiger charge is 2.21. The number of esters is 1. The van der Waals surface area contributed by atoms with E-state index in [-0.39, 0.29) is 17.1 Å². The van der Waals surface area contributed by atoms with Crippen molar-refractivity contribution in [3.8, 4) is 6.07 Å². The van der Waals surface area contributed by atoms with Crippen LogP contribution in [0, 0.1) is 23.0 Å². The van der Waals surface area contributed by atoms with Gasteiger partial charge in [0, 0.05) is 6.20 Å². The van der Waals surface area contributed by atoms with Gasteiger partial charge >= 0.3 is 5.97 Å². The molecule has 0 unspecified atom stereocenters. The molecule has 0 atom stereocenters. The van der Waals surface area contributed by atoms with Crippen molar-refractivity contribution >= 4 is 17.2 Å². The molecule has 0 aliphatic heterocycles. The number of carbonyl (C=O) groups excluding carboxylic acids is 1. The van der Waals surface area contributed by atoms with Crippen molar-refractivity contribution in [3.05, 3.63) is 41.4 Å². The number of H-pyrrole nitrogens is 1. The number of ether oxygens (including phenoxy) is 1. The zero-order chi connectivity index (χ0) is 16.1. The molecule has 0 aliphatic carbocycles. The quantitative estimate of drug-likeness (QED) is 0.644. The normalized spacial score (nSPS) is 10.9. The Morgan fingerprint density at radius 3 is 2.86 bits per heavy atom. The molecule has 0 fully saturated rings. The predicted octanol–water partition coefficient (Wildman–Crippen LogP) is 1.24. The summed E-state index contributed by atoms with van der Waals surface area (Å²) in [6, 6.07) is 3.74. The molecule has 0 spiro atoms. The second-order valence-corrected chi connectivity index (χ2v) is 3.83. The Bertz CT molecular complexity index is 767. The first kappa shape index (κ1) is 15.0. The summed E-state index contributed by atoms with van der Waals surface area (Å²) < 4.78 is 31.9. The topological polar surface area (TPSA) is 117 Å². The number of benzene rings is 1. The Hall–Kier alpha value is -3.35. The van der Waals surface area contributed by atoms with Gasteiger partial charge in [0.15, 0.2) is 5.82 Å². The van der Waals surface area contributed by atoms with Crippen LogP contribution in [0.15, 0.2) is 18.3 Å². The van der Waals surface area contributed by atoms with Crippen molar-refractivity contribution in [1.29, 1.82) is 5.26 Å². The van der Waals surface area contributed by atoms with Crippen LogP contribution in [-0.2, 0) is 4.74 Å². The van der Waals surface area contributed by atoms with E-state index in [4.69, 9.17) is 5.26 Å². The van der Waals surface area contributed by atoms with Gasteiger partial charge in [0.25, 0.3) is 0 Å².